The van der Waals surface area contributed by atoms with Crippen molar-refractivity contribution in [2.24, 2.45) is 0 Å². The van der Waals surface area contributed by atoms with E-state index in [1.54, 1.807) is 0 Å². The van der Waals surface area contributed by atoms with Crippen molar-refractivity contribution in [2.45, 2.75) is 108 Å². The summed E-state index contributed by atoms with van der Waals surface area (Å²) in [6, 6.07) is 3.95. The zero-order valence-corrected chi connectivity index (χ0v) is 21.7. The first kappa shape index (κ1) is 30.6. The zero-order chi connectivity index (χ0) is 27.3. The summed E-state index contributed by atoms with van der Waals surface area (Å²) in [5.74, 6) is -2.46. The van der Waals surface area contributed by atoms with Gasteiger partial charge >= 0.3 is 11.9 Å². The van der Waals surface area contributed by atoms with E-state index >= 15 is 0 Å². The topological polar surface area (TPSA) is 154 Å². The lowest BCUT2D eigenvalue weighted by Gasteiger charge is -2.39. The number of benzene rings is 1. The number of rotatable bonds is 15. The molecule has 0 unspecified atom stereocenters. The Bertz CT molecular complexity index is 884. The third kappa shape index (κ3) is 10.3. The van der Waals surface area contributed by atoms with Crippen LogP contribution >= 0.6 is 0 Å². The summed E-state index contributed by atoms with van der Waals surface area (Å²) in [5.41, 5.74) is -1.68. The van der Waals surface area contributed by atoms with E-state index < -0.39 is 48.7 Å². The Labute approximate surface area is 218 Å². The number of esters is 2. The number of hydrogen-bond donors (Lipinski definition) is 5. The van der Waals surface area contributed by atoms with Gasteiger partial charge in [0.05, 0.1) is 12.7 Å². The summed E-state index contributed by atoms with van der Waals surface area (Å²) >= 11 is 0. The number of ether oxygens (including phenoxy) is 2. The van der Waals surface area contributed by atoms with Crippen LogP contribution in [0.3, 0.4) is 0 Å². The van der Waals surface area contributed by atoms with Crippen molar-refractivity contribution in [3.05, 3.63) is 29.8 Å². The summed E-state index contributed by atoms with van der Waals surface area (Å²) in [6.45, 7) is 2.34. The van der Waals surface area contributed by atoms with Crippen molar-refractivity contribution in [3.63, 3.8) is 0 Å². The van der Waals surface area contributed by atoms with Gasteiger partial charge in [-0.25, -0.2) is 9.59 Å². The van der Waals surface area contributed by atoms with Crippen LogP contribution < -0.4 is 0 Å². The molecular weight excluding hydrogens is 480 g/mol. The maximum atomic E-state index is 12.6. The summed E-state index contributed by atoms with van der Waals surface area (Å²) in [5, 5.41) is 50.2. The SMILES string of the molecule is CCCCCCCCCCCCOC(=O)[C@]1(O)C[C@H](OC(=O)/C=C/c2ccc(O)c(O)c2)[C@@H](O)[C@@H](O)C1. The molecule has 1 aromatic carbocycles. The molecule has 0 heterocycles. The van der Waals surface area contributed by atoms with Crippen LogP contribution in [-0.2, 0) is 19.1 Å². The van der Waals surface area contributed by atoms with Crippen LogP contribution in [0.2, 0.25) is 0 Å². The molecule has 1 aromatic rings. The molecule has 0 saturated heterocycles. The Hall–Kier alpha value is -2.62. The molecule has 0 aromatic heterocycles. The van der Waals surface area contributed by atoms with Gasteiger partial charge in [0.25, 0.3) is 0 Å². The highest BCUT2D eigenvalue weighted by atomic mass is 16.6. The van der Waals surface area contributed by atoms with Crippen molar-refractivity contribution >= 4 is 18.0 Å². The Balaban J connectivity index is 1.76. The van der Waals surface area contributed by atoms with E-state index in [0.29, 0.717) is 12.0 Å². The lowest BCUT2D eigenvalue weighted by Crippen LogP contribution is -2.57. The first-order valence-electron chi connectivity index (χ1n) is 13.3. The molecule has 0 radical (unpaired) electrons. The smallest absolute Gasteiger partial charge is 0.338 e. The third-order valence-corrected chi connectivity index (χ3v) is 6.65. The molecule has 2 rings (SSSR count). The molecular formula is C28H42O9. The Kier molecular flexibility index (Phi) is 12.9. The first-order chi connectivity index (χ1) is 17.7. The van der Waals surface area contributed by atoms with E-state index in [4.69, 9.17) is 9.47 Å². The van der Waals surface area contributed by atoms with Crippen molar-refractivity contribution < 1.29 is 44.6 Å². The second-order valence-electron chi connectivity index (χ2n) is 9.87. The minimum atomic E-state index is -2.09. The molecule has 0 spiro atoms. The molecule has 5 N–H and O–H groups in total. The van der Waals surface area contributed by atoms with Crippen molar-refractivity contribution in [1.29, 1.82) is 0 Å². The number of aromatic hydroxyl groups is 2. The van der Waals surface area contributed by atoms with Crippen LogP contribution in [0.25, 0.3) is 6.08 Å². The van der Waals surface area contributed by atoms with Gasteiger partial charge in [0.2, 0.25) is 0 Å². The van der Waals surface area contributed by atoms with Gasteiger partial charge in [-0.05, 0) is 30.2 Å². The van der Waals surface area contributed by atoms with E-state index in [1.165, 1.54) is 62.8 Å². The maximum Gasteiger partial charge on any atom is 0.338 e. The molecule has 4 atom stereocenters. The molecule has 1 fully saturated rings. The van der Waals surface area contributed by atoms with E-state index in [9.17, 15) is 35.1 Å². The normalized spacial score (nSPS) is 23.7. The fourth-order valence-corrected chi connectivity index (χ4v) is 4.42. The van der Waals surface area contributed by atoms with Gasteiger partial charge in [0.1, 0.15) is 12.2 Å². The molecule has 0 aliphatic heterocycles. The highest BCUT2D eigenvalue weighted by molar-refractivity contribution is 5.87. The average molecular weight is 523 g/mol. The minimum Gasteiger partial charge on any atom is -0.504 e. The second-order valence-corrected chi connectivity index (χ2v) is 9.87. The van der Waals surface area contributed by atoms with Crippen LogP contribution in [0, 0.1) is 0 Å². The van der Waals surface area contributed by atoms with Gasteiger partial charge in [0.15, 0.2) is 17.1 Å². The first-order valence-corrected chi connectivity index (χ1v) is 13.3. The number of carbonyl (C=O) groups excluding carboxylic acids is 2. The van der Waals surface area contributed by atoms with Gasteiger partial charge in [-0.1, -0.05) is 70.8 Å². The number of unbranched alkanes of at least 4 members (excludes halogenated alkanes) is 9. The van der Waals surface area contributed by atoms with E-state index in [2.05, 4.69) is 6.92 Å². The Morgan fingerprint density at radius 3 is 2.19 bits per heavy atom. The molecule has 1 aliphatic rings. The number of aliphatic hydroxyl groups excluding tert-OH is 2. The highest BCUT2D eigenvalue weighted by Crippen LogP contribution is 2.32. The lowest BCUT2D eigenvalue weighted by molar-refractivity contribution is -0.200. The van der Waals surface area contributed by atoms with Crippen molar-refractivity contribution in [3.8, 4) is 11.5 Å². The Morgan fingerprint density at radius 1 is 0.946 bits per heavy atom. The zero-order valence-electron chi connectivity index (χ0n) is 21.7. The van der Waals surface area contributed by atoms with Crippen LogP contribution in [-0.4, -0.2) is 68.0 Å². The van der Waals surface area contributed by atoms with Crippen LogP contribution in [0.4, 0.5) is 0 Å². The summed E-state index contributed by atoms with van der Waals surface area (Å²) in [6.07, 6.45) is 8.54. The number of phenols is 2. The number of carbonyl (C=O) groups is 2. The summed E-state index contributed by atoms with van der Waals surface area (Å²) in [4.78, 5) is 24.8. The van der Waals surface area contributed by atoms with Gasteiger partial charge in [-0.3, -0.25) is 0 Å². The van der Waals surface area contributed by atoms with Gasteiger partial charge in [0, 0.05) is 18.9 Å². The van der Waals surface area contributed by atoms with Crippen LogP contribution in [0.1, 0.15) is 89.5 Å². The predicted octanol–water partition coefficient (Wildman–Crippen LogP) is 3.73. The van der Waals surface area contributed by atoms with Crippen LogP contribution in [0.15, 0.2) is 24.3 Å². The standard InChI is InChI=1S/C28H42O9/c1-2-3-4-5-6-7-8-9-10-11-16-36-27(34)28(35)18-23(31)26(33)24(19-28)37-25(32)15-13-20-12-14-21(29)22(30)17-20/h12-15,17,23-24,26,29-31,33,35H,2-11,16,18-19H2,1H3/b15-13+/t23-,24-,26-,28+/m0/s1. The molecule has 1 saturated carbocycles. The van der Waals surface area contributed by atoms with Crippen molar-refractivity contribution in [1.82, 2.24) is 0 Å². The van der Waals surface area contributed by atoms with Crippen molar-refractivity contribution in [2.75, 3.05) is 6.61 Å². The summed E-state index contributed by atoms with van der Waals surface area (Å²) in [7, 11) is 0. The van der Waals surface area contributed by atoms with Gasteiger partial charge in [-0.2, -0.15) is 0 Å². The van der Waals surface area contributed by atoms with E-state index in [1.807, 2.05) is 0 Å². The molecule has 0 amide bonds. The predicted molar refractivity (Wildman–Crippen MR) is 138 cm³/mol. The molecule has 9 nitrogen and oxygen atoms in total. The lowest BCUT2D eigenvalue weighted by atomic mass is 9.79. The molecule has 37 heavy (non-hydrogen) atoms. The fourth-order valence-electron chi connectivity index (χ4n) is 4.42. The number of hydrogen-bond acceptors (Lipinski definition) is 9. The van der Waals surface area contributed by atoms with Gasteiger partial charge < -0.3 is 35.0 Å². The third-order valence-electron chi connectivity index (χ3n) is 6.65. The summed E-state index contributed by atoms with van der Waals surface area (Å²) < 4.78 is 10.4. The number of aliphatic hydroxyl groups is 3. The molecule has 1 aliphatic carbocycles. The average Bonchev–Trinajstić information content (AvgIpc) is 2.86. The highest BCUT2D eigenvalue weighted by Gasteiger charge is 2.51. The number of phenolic OH excluding ortho intramolecular Hbond substituents is 2. The quantitative estimate of drug-likeness (QED) is 0.100. The maximum absolute atomic E-state index is 12.6. The largest absolute Gasteiger partial charge is 0.504 e. The minimum absolute atomic E-state index is 0.142. The molecule has 9 heteroatoms. The van der Waals surface area contributed by atoms with Crippen LogP contribution in [0.5, 0.6) is 11.5 Å². The Morgan fingerprint density at radius 2 is 1.57 bits per heavy atom. The molecule has 208 valence electrons. The van der Waals surface area contributed by atoms with E-state index in [-0.39, 0.29) is 18.1 Å². The van der Waals surface area contributed by atoms with Gasteiger partial charge in [-0.15, -0.1) is 0 Å². The fraction of sp³-hybridized carbons (Fsp3) is 0.643. The molecule has 0 bridgehead atoms. The monoisotopic (exact) mass is 522 g/mol. The van der Waals surface area contributed by atoms with E-state index in [0.717, 1.165) is 25.3 Å². The second kappa shape index (κ2) is 15.6.